The van der Waals surface area contributed by atoms with Gasteiger partial charge in [-0.05, 0) is 0 Å². The molecule has 0 aromatic heterocycles. The monoisotopic (exact) mass is 973 g/mol. The van der Waals surface area contributed by atoms with Crippen molar-refractivity contribution in [3.8, 4) is 56.8 Å². The van der Waals surface area contributed by atoms with Gasteiger partial charge in [0.25, 0.3) is 0 Å². The molecule has 1 spiro atoms. The maximum atomic E-state index is 8.04. The molecule has 10 heteroatoms. The summed E-state index contributed by atoms with van der Waals surface area (Å²) >= 11 is 22.1. The Balaban J connectivity index is 1.31. The molecule has 0 amide bonds. The van der Waals surface area contributed by atoms with Crippen LogP contribution in [0.4, 0.5) is 17.1 Å². The fourth-order valence-electron chi connectivity index (χ4n) is 11.4. The van der Waals surface area contributed by atoms with Crippen LogP contribution in [-0.2, 0) is 10.8 Å². The van der Waals surface area contributed by atoms with Gasteiger partial charge in [0.1, 0.15) is 0 Å². The van der Waals surface area contributed by atoms with Crippen molar-refractivity contribution in [1.82, 2.24) is 0 Å². The Kier molecular flexibility index (Phi) is 6.71. The molecule has 0 fully saturated rings. The zero-order valence-corrected chi connectivity index (χ0v) is 38.9. The number of halogens is 4. The zero-order valence-electron chi connectivity index (χ0n) is 33.3. The predicted octanol–water partition coefficient (Wildman–Crippen LogP) is 13.4. The summed E-state index contributed by atoms with van der Waals surface area (Å²) in [6.45, 7) is 13.3. The van der Waals surface area contributed by atoms with Gasteiger partial charge >= 0.3 is 372 Å². The van der Waals surface area contributed by atoms with E-state index in [1.54, 1.807) is 0 Å². The Morgan fingerprint density at radius 2 is 0.933 bits per heavy atom. The Morgan fingerprint density at radius 3 is 1.40 bits per heavy atom. The van der Waals surface area contributed by atoms with E-state index in [1.165, 1.54) is 11.1 Å². The summed E-state index contributed by atoms with van der Waals surface area (Å²) in [6.07, 6.45) is 0. The van der Waals surface area contributed by atoms with E-state index in [9.17, 15) is 0 Å². The molecule has 5 nitrogen and oxygen atoms in total. The topological polar surface area (TPSA) is 40.2 Å². The Bertz CT molecular complexity index is 3080. The van der Waals surface area contributed by atoms with Gasteiger partial charge in [0.05, 0.1) is 0 Å². The van der Waals surface area contributed by atoms with E-state index in [2.05, 4.69) is 144 Å². The van der Waals surface area contributed by atoms with E-state index in [0.29, 0.717) is 23.0 Å². The second-order valence-electron chi connectivity index (χ2n) is 17.9. The average molecular weight is 976 g/mol. The second-order valence-corrected chi connectivity index (χ2v) is 29.7. The average Bonchev–Trinajstić information content (AvgIpc) is 3.78. The van der Waals surface area contributed by atoms with Crippen LogP contribution in [-0.4, -0.2) is 18.2 Å². The summed E-state index contributed by atoms with van der Waals surface area (Å²) < 4.78 is 33.5. The van der Waals surface area contributed by atoms with Crippen molar-refractivity contribution >= 4 is 92.2 Å². The van der Waals surface area contributed by atoms with Crippen LogP contribution in [0.25, 0.3) is 22.3 Å². The van der Waals surface area contributed by atoms with Crippen LogP contribution in [0.1, 0.15) is 61.1 Å². The second kappa shape index (κ2) is 11.1. The molecule has 60 heavy (non-hydrogen) atoms. The molecule has 0 N–H and O–H groups in total. The standard InChI is InChI=1S/C44H34NO2.C6H2Cl4O2.Sb/c1-26-15-17-28(18-16-26)45-29-21-35-33-11-7-9-13-37(33)43(3,4)41(35)39(23-29)46-31-19-27(2)20-32(25-31)47-40-24-30(45)22-36-34-12-8-10-14-38(34)44(5,6)42(36)40;7-1-2(8)4(10)6(12)5(11)3(1)9;/h7-22H,1-6H3;11-12H;/q;;+2/p-2. The van der Waals surface area contributed by atoms with E-state index in [-0.39, 0.29) is 31.6 Å². The van der Waals surface area contributed by atoms with Gasteiger partial charge in [0.2, 0.25) is 0 Å². The molecular formula is C50H34Cl4NO4Sb. The molecule has 0 saturated carbocycles. The number of hydrogen-bond acceptors (Lipinski definition) is 5. The molecule has 0 atom stereocenters. The Morgan fingerprint density at radius 1 is 0.483 bits per heavy atom. The van der Waals surface area contributed by atoms with Gasteiger partial charge in [-0.15, -0.1) is 0 Å². The van der Waals surface area contributed by atoms with E-state index in [4.69, 9.17) is 61.9 Å². The van der Waals surface area contributed by atoms with E-state index >= 15 is 0 Å². The molecule has 0 radical (unpaired) electrons. The van der Waals surface area contributed by atoms with E-state index in [1.807, 2.05) is 0 Å². The number of benzene rings is 7. The van der Waals surface area contributed by atoms with Crippen LogP contribution >= 0.6 is 46.4 Å². The van der Waals surface area contributed by atoms with Gasteiger partial charge in [0.15, 0.2) is 0 Å². The first-order chi connectivity index (χ1) is 28.7. The van der Waals surface area contributed by atoms with Crippen molar-refractivity contribution < 1.29 is 15.5 Å². The van der Waals surface area contributed by atoms with Crippen LogP contribution in [0.15, 0.2) is 97.1 Å². The van der Waals surface area contributed by atoms with E-state index in [0.717, 1.165) is 72.1 Å². The number of ether oxygens (including phenoxy) is 2. The van der Waals surface area contributed by atoms with Gasteiger partial charge in [0, 0.05) is 0 Å². The zero-order chi connectivity index (χ0) is 41.2. The summed E-state index contributed by atoms with van der Waals surface area (Å²) in [6, 6.07) is 34.8. The Hall–Kier alpha value is -4.48. The first-order valence-electron chi connectivity index (χ1n) is 20.0. The normalized spacial score (nSPS) is 18.6. The van der Waals surface area contributed by atoms with Crippen LogP contribution in [0.5, 0.6) is 34.5 Å². The molecule has 296 valence electrons. The first-order valence-corrected chi connectivity index (χ1v) is 27.4. The number of rotatable bonds is 1. The van der Waals surface area contributed by atoms with E-state index < -0.39 is 29.1 Å². The van der Waals surface area contributed by atoms with Gasteiger partial charge in [-0.25, -0.2) is 0 Å². The minimum atomic E-state index is -6.28. The van der Waals surface area contributed by atoms with Crippen molar-refractivity contribution in [2.75, 3.05) is 4.90 Å². The number of fused-ring (bicyclic) bond motifs is 9. The molecule has 0 bridgehead atoms. The third-order valence-corrected chi connectivity index (χ3v) is 29.3. The number of hydrogen-bond donors (Lipinski definition) is 0. The molecule has 2 aliphatic carbocycles. The third-order valence-electron chi connectivity index (χ3n) is 13.8. The fraction of sp³-hybridized carbons (Fsp3) is 0.160. The van der Waals surface area contributed by atoms with Crippen LogP contribution in [0.3, 0.4) is 0 Å². The summed E-state index contributed by atoms with van der Waals surface area (Å²) in [5, 5.41) is 0.477. The maximum absolute atomic E-state index is 8.04. The molecule has 4 aliphatic heterocycles. The summed E-state index contributed by atoms with van der Waals surface area (Å²) in [5.74, 6) is 3.19. The molecule has 6 aliphatic rings. The van der Waals surface area contributed by atoms with Gasteiger partial charge < -0.3 is 0 Å². The van der Waals surface area contributed by atoms with Crippen molar-refractivity contribution in [2.45, 2.75) is 52.4 Å². The Labute approximate surface area is 369 Å². The van der Waals surface area contributed by atoms with Gasteiger partial charge in [-0.3, -0.25) is 0 Å². The molecule has 0 unspecified atom stereocenters. The molecule has 7 aromatic carbocycles. The SMILES string of the molecule is Cc1ccc(N2c3cc4c(c5[c]3[Sb]36([O]c7c(Cl)c(Cl)c(Cl)c(Cl)c7[O]3)[c]3c(cc(C)cc3Oc3c7c(cc2[c]36)-c2ccccc2C7(C)C)O5)C(C)(C)c2ccccc2-4)cc1. The number of nitrogens with zero attached hydrogens (tertiary/aromatic N) is 1. The molecule has 4 heterocycles. The minimum absolute atomic E-state index is 0.0998. The molecule has 13 rings (SSSR count). The summed E-state index contributed by atoms with van der Waals surface area (Å²) in [5.41, 5.74) is 13.0. The summed E-state index contributed by atoms with van der Waals surface area (Å²) in [7, 11) is 0. The van der Waals surface area contributed by atoms with Crippen molar-refractivity contribution in [2.24, 2.45) is 0 Å². The molecular weight excluding hydrogens is 942 g/mol. The molecule has 7 aromatic rings. The number of aryl methyl sites for hydroxylation is 2. The third kappa shape index (κ3) is 3.86. The fourth-order valence-corrected chi connectivity index (χ4v) is 28.4. The van der Waals surface area contributed by atoms with Crippen LogP contribution in [0.2, 0.25) is 20.1 Å². The predicted molar refractivity (Wildman–Crippen MR) is 245 cm³/mol. The number of anilines is 3. The van der Waals surface area contributed by atoms with Crippen molar-refractivity contribution in [1.29, 1.82) is 0 Å². The van der Waals surface area contributed by atoms with Gasteiger partial charge in [-0.1, -0.05) is 0 Å². The quantitative estimate of drug-likeness (QED) is 0.0931. The van der Waals surface area contributed by atoms with Gasteiger partial charge in [-0.2, -0.15) is 0 Å². The van der Waals surface area contributed by atoms with Crippen LogP contribution < -0.4 is 30.9 Å². The van der Waals surface area contributed by atoms with Crippen molar-refractivity contribution in [3.63, 3.8) is 0 Å². The molecule has 0 saturated heterocycles. The van der Waals surface area contributed by atoms with Crippen LogP contribution in [0, 0.1) is 13.8 Å². The summed E-state index contributed by atoms with van der Waals surface area (Å²) in [4.78, 5) is 2.36. The first kappa shape index (κ1) is 36.2. The van der Waals surface area contributed by atoms with Crippen molar-refractivity contribution in [3.05, 3.63) is 151 Å².